The van der Waals surface area contributed by atoms with Crippen LogP contribution in [0.25, 0.3) is 10.8 Å². The molecular formula is C65H59N3O. The van der Waals surface area contributed by atoms with Gasteiger partial charge < -0.3 is 19.4 Å². The van der Waals surface area contributed by atoms with E-state index >= 15 is 0 Å². The van der Waals surface area contributed by atoms with Crippen molar-refractivity contribution in [2.45, 2.75) is 76.3 Å². The number of hydrogen-bond acceptors (Lipinski definition) is 4. The van der Waals surface area contributed by atoms with Gasteiger partial charge in [0.15, 0.2) is 11.5 Å². The average molecular weight is 898 g/mol. The summed E-state index contributed by atoms with van der Waals surface area (Å²) in [6.07, 6.45) is 7.15. The molecule has 0 spiro atoms. The largest absolute Gasteiger partial charge is 0.453 e. The zero-order chi connectivity index (χ0) is 46.5. The van der Waals surface area contributed by atoms with Gasteiger partial charge in [0, 0.05) is 48.3 Å². The predicted octanol–water partition coefficient (Wildman–Crippen LogP) is 17.1. The Morgan fingerprint density at radius 3 is 1.48 bits per heavy atom. The van der Waals surface area contributed by atoms with Crippen molar-refractivity contribution in [2.24, 2.45) is 0 Å². The van der Waals surface area contributed by atoms with Crippen molar-refractivity contribution in [1.29, 1.82) is 0 Å². The molecule has 9 aromatic rings. The molecule has 340 valence electrons. The fraction of sp³-hybridized carbons (Fsp3) is 0.200. The van der Waals surface area contributed by atoms with E-state index in [2.05, 4.69) is 242 Å². The van der Waals surface area contributed by atoms with Gasteiger partial charge in [0.05, 0.1) is 16.8 Å². The second kappa shape index (κ2) is 17.5. The summed E-state index contributed by atoms with van der Waals surface area (Å²) in [5.74, 6) is 1.75. The number of fused-ring (bicyclic) bond motifs is 7. The number of rotatable bonds is 12. The Morgan fingerprint density at radius 2 is 0.913 bits per heavy atom. The molecule has 9 aromatic carbocycles. The van der Waals surface area contributed by atoms with Crippen molar-refractivity contribution >= 4 is 44.9 Å². The van der Waals surface area contributed by atoms with E-state index in [0.29, 0.717) is 6.54 Å². The van der Waals surface area contributed by atoms with Gasteiger partial charge in [-0.15, -0.1) is 0 Å². The van der Waals surface area contributed by atoms with Crippen LogP contribution in [0.3, 0.4) is 0 Å². The van der Waals surface area contributed by atoms with E-state index in [0.717, 1.165) is 29.4 Å². The van der Waals surface area contributed by atoms with E-state index in [9.17, 15) is 0 Å². The second-order valence-corrected chi connectivity index (χ2v) is 19.4. The van der Waals surface area contributed by atoms with Gasteiger partial charge in [-0.1, -0.05) is 197 Å². The molecule has 0 atom stereocenters. The Morgan fingerprint density at radius 1 is 0.420 bits per heavy atom. The molecule has 0 bridgehead atoms. The van der Waals surface area contributed by atoms with Crippen molar-refractivity contribution in [3.63, 3.8) is 0 Å². The minimum absolute atomic E-state index is 0.00782. The zero-order valence-corrected chi connectivity index (χ0v) is 40.0. The van der Waals surface area contributed by atoms with E-state index in [-0.39, 0.29) is 5.41 Å². The highest BCUT2D eigenvalue weighted by atomic mass is 16.5. The summed E-state index contributed by atoms with van der Waals surface area (Å²) in [4.78, 5) is 7.39. The number of hydrogen-bond donors (Lipinski definition) is 0. The molecule has 12 rings (SSSR count). The van der Waals surface area contributed by atoms with E-state index in [1.54, 1.807) is 0 Å². The highest BCUT2D eigenvalue weighted by molar-refractivity contribution is 5.95. The van der Waals surface area contributed by atoms with Crippen molar-refractivity contribution in [3.05, 3.63) is 251 Å². The predicted molar refractivity (Wildman–Crippen MR) is 288 cm³/mol. The molecule has 0 aliphatic carbocycles. The molecule has 0 saturated carbocycles. The van der Waals surface area contributed by atoms with Gasteiger partial charge in [-0.2, -0.15) is 0 Å². The molecule has 0 unspecified atom stereocenters. The maximum absolute atomic E-state index is 7.06. The van der Waals surface area contributed by atoms with Gasteiger partial charge >= 0.3 is 0 Å². The third-order valence-electron chi connectivity index (χ3n) is 15.6. The molecule has 0 fully saturated rings. The maximum atomic E-state index is 7.06. The Kier molecular flexibility index (Phi) is 10.9. The molecule has 0 aromatic heterocycles. The summed E-state index contributed by atoms with van der Waals surface area (Å²) in [7, 11) is 2.17. The minimum Gasteiger partial charge on any atom is -0.453 e. The lowest BCUT2D eigenvalue weighted by Gasteiger charge is -2.46. The van der Waals surface area contributed by atoms with Crippen molar-refractivity contribution in [2.75, 3.05) is 21.7 Å². The van der Waals surface area contributed by atoms with Crippen molar-refractivity contribution < 1.29 is 4.74 Å². The molecule has 0 amide bonds. The first-order valence-corrected chi connectivity index (χ1v) is 25.2. The summed E-state index contributed by atoms with van der Waals surface area (Å²) in [6, 6.07) is 76.8. The topological polar surface area (TPSA) is 19.0 Å². The number of ether oxygens (including phenoxy) is 1. The van der Waals surface area contributed by atoms with Gasteiger partial charge in [0.2, 0.25) is 0 Å². The fourth-order valence-corrected chi connectivity index (χ4v) is 12.4. The van der Waals surface area contributed by atoms with Crippen LogP contribution in [0.2, 0.25) is 0 Å². The number of benzene rings is 9. The standard InChI is InChI=1S/C65H59N3O/c1-4-6-39-64(40-7-5-2)52-29-14-18-33-56(52)68(57-34-19-15-30-53(57)64)45-48-24-22-23-47-42-61-63(43-51(47)48)69-62-41-46(37-38-60(62)66(61)3)44-67-58-35-20-16-31-54(58)65(49-25-10-8-11-26-49,50-27-12-9-13-28-50)55-32-17-21-36-59(55)67/h8-38,41-43H,4-7,39-40,44-45H2,1-3H3. The molecule has 4 heteroatoms. The van der Waals surface area contributed by atoms with Crippen molar-refractivity contribution in [3.8, 4) is 11.5 Å². The summed E-state index contributed by atoms with van der Waals surface area (Å²) in [6.45, 7) is 6.09. The van der Waals surface area contributed by atoms with E-state index in [1.165, 1.54) is 117 Å². The highest BCUT2D eigenvalue weighted by Crippen LogP contribution is 2.58. The fourth-order valence-electron chi connectivity index (χ4n) is 12.4. The highest BCUT2D eigenvalue weighted by Gasteiger charge is 2.46. The number of para-hydroxylation sites is 4. The molecule has 4 nitrogen and oxygen atoms in total. The smallest absolute Gasteiger partial charge is 0.151 e. The van der Waals surface area contributed by atoms with Crippen LogP contribution in [-0.4, -0.2) is 7.05 Å². The SMILES string of the molecule is CCCCC1(CCCC)c2ccccc2N(Cc2cccc3cc4c(cc23)Oc2cc(CN3c5ccccc5C(c5ccccc5)(c5ccccc5)c5ccccc53)ccc2N4C)c2ccccc21. The minimum atomic E-state index is -0.492. The normalized spacial score (nSPS) is 14.7. The van der Waals surface area contributed by atoms with Crippen molar-refractivity contribution in [1.82, 2.24) is 0 Å². The summed E-state index contributed by atoms with van der Waals surface area (Å²) in [5, 5.41) is 2.43. The Hall–Kier alpha value is -7.56. The van der Waals surface area contributed by atoms with Crippen LogP contribution >= 0.6 is 0 Å². The first-order chi connectivity index (χ1) is 34.0. The van der Waals surface area contributed by atoms with Crippen LogP contribution in [0.5, 0.6) is 11.5 Å². The second-order valence-electron chi connectivity index (χ2n) is 19.4. The third kappa shape index (κ3) is 6.86. The molecule has 3 heterocycles. The van der Waals surface area contributed by atoms with Crippen LogP contribution in [-0.2, 0) is 23.9 Å². The molecule has 3 aliphatic heterocycles. The van der Waals surface area contributed by atoms with Crippen LogP contribution in [0.1, 0.15) is 96.9 Å². The lowest BCUT2D eigenvalue weighted by Crippen LogP contribution is -2.38. The molecule has 0 radical (unpaired) electrons. The monoisotopic (exact) mass is 897 g/mol. The van der Waals surface area contributed by atoms with Gasteiger partial charge in [0.1, 0.15) is 0 Å². The molecule has 69 heavy (non-hydrogen) atoms. The average Bonchev–Trinajstić information content (AvgIpc) is 3.41. The Balaban J connectivity index is 0.904. The van der Waals surface area contributed by atoms with E-state index in [4.69, 9.17) is 4.74 Å². The Labute approximate surface area is 408 Å². The Bertz CT molecular complexity index is 3190. The first kappa shape index (κ1) is 42.8. The third-order valence-corrected chi connectivity index (χ3v) is 15.6. The van der Waals surface area contributed by atoms with Crippen LogP contribution in [0.15, 0.2) is 206 Å². The van der Waals surface area contributed by atoms with Crippen LogP contribution in [0.4, 0.5) is 34.1 Å². The quantitative estimate of drug-likeness (QED) is 0.122. The number of unbranched alkanes of at least 4 members (excludes halogenated alkanes) is 2. The zero-order valence-electron chi connectivity index (χ0n) is 40.0. The molecule has 3 aliphatic rings. The first-order valence-electron chi connectivity index (χ1n) is 25.2. The van der Waals surface area contributed by atoms with Gasteiger partial charge in [-0.25, -0.2) is 0 Å². The summed E-state index contributed by atoms with van der Waals surface area (Å²) >= 11 is 0. The van der Waals surface area contributed by atoms with Gasteiger partial charge in [0.25, 0.3) is 0 Å². The van der Waals surface area contributed by atoms with E-state index in [1.807, 2.05) is 0 Å². The molecule has 0 saturated heterocycles. The number of nitrogens with zero attached hydrogens (tertiary/aromatic N) is 3. The lowest BCUT2D eigenvalue weighted by molar-refractivity contribution is 0.402. The lowest BCUT2D eigenvalue weighted by atomic mass is 9.62. The number of anilines is 6. The summed E-state index contributed by atoms with van der Waals surface area (Å²) < 4.78 is 7.06. The van der Waals surface area contributed by atoms with E-state index < -0.39 is 5.41 Å². The summed E-state index contributed by atoms with van der Waals surface area (Å²) in [5.41, 5.74) is 17.2. The molecular weight excluding hydrogens is 839 g/mol. The van der Waals surface area contributed by atoms with Gasteiger partial charge in [-0.3, -0.25) is 0 Å². The van der Waals surface area contributed by atoms with Crippen LogP contribution in [0, 0.1) is 0 Å². The van der Waals surface area contributed by atoms with Gasteiger partial charge in [-0.05, 0) is 117 Å². The van der Waals surface area contributed by atoms with Crippen LogP contribution < -0.4 is 19.4 Å². The molecule has 0 N–H and O–H groups in total. The maximum Gasteiger partial charge on any atom is 0.151 e.